The fourth-order valence-corrected chi connectivity index (χ4v) is 2.47. The van der Waals surface area contributed by atoms with E-state index in [1.54, 1.807) is 0 Å². The number of rotatable bonds is 1. The molecule has 3 rings (SSSR count). The summed E-state index contributed by atoms with van der Waals surface area (Å²) in [5, 5.41) is 0. The molecular weight excluding hydrogens is 198 g/mol. The van der Waals surface area contributed by atoms with Gasteiger partial charge in [-0.15, -0.1) is 0 Å². The summed E-state index contributed by atoms with van der Waals surface area (Å²) in [6.45, 7) is 2.31. The van der Waals surface area contributed by atoms with Crippen LogP contribution in [0.1, 0.15) is 24.6 Å². The van der Waals surface area contributed by atoms with E-state index in [9.17, 15) is 0 Å². The quantitative estimate of drug-likeness (QED) is 0.687. The monoisotopic (exact) mass is 215 g/mol. The van der Waals surface area contributed by atoms with E-state index in [0.717, 1.165) is 29.9 Å². The highest BCUT2D eigenvalue weighted by Gasteiger charge is 2.21. The lowest BCUT2D eigenvalue weighted by Gasteiger charge is -2.29. The summed E-state index contributed by atoms with van der Waals surface area (Å²) in [6.07, 6.45) is 2.39. The fraction of sp³-hybridized carbons (Fsp3) is 0.385. The van der Waals surface area contributed by atoms with E-state index >= 15 is 0 Å². The van der Waals surface area contributed by atoms with Crippen LogP contribution in [0.5, 0.6) is 0 Å². The Hall–Kier alpha value is -1.35. The molecular formula is C13H17N3. The summed E-state index contributed by atoms with van der Waals surface area (Å²) in [4.78, 5) is 9.51. The van der Waals surface area contributed by atoms with E-state index in [1.165, 1.54) is 17.7 Å². The van der Waals surface area contributed by atoms with Gasteiger partial charge in [0.05, 0.1) is 24.1 Å². The Labute approximate surface area is 95.5 Å². The molecule has 0 radical (unpaired) electrons. The van der Waals surface area contributed by atoms with Crippen LogP contribution in [0.15, 0.2) is 24.3 Å². The molecule has 2 N–H and O–H groups in total. The molecule has 3 nitrogen and oxygen atoms in total. The van der Waals surface area contributed by atoms with Crippen LogP contribution in [-0.2, 0) is 0 Å². The van der Waals surface area contributed by atoms with Crippen molar-refractivity contribution < 1.29 is 4.90 Å². The normalized spacial score (nSPS) is 26.1. The molecule has 84 valence electrons. The number of fused-ring (bicyclic) bond motifs is 1. The number of piperidine rings is 1. The summed E-state index contributed by atoms with van der Waals surface area (Å²) in [5.74, 6) is 1.76. The average Bonchev–Trinajstić information content (AvgIpc) is 2.73. The Morgan fingerprint density at radius 2 is 2.00 bits per heavy atom. The van der Waals surface area contributed by atoms with Gasteiger partial charge in [0.15, 0.2) is 0 Å². The first-order chi connectivity index (χ1) is 7.83. The van der Waals surface area contributed by atoms with Crippen molar-refractivity contribution in [3.05, 3.63) is 37.1 Å². The minimum atomic E-state index is 0.595. The van der Waals surface area contributed by atoms with E-state index in [4.69, 9.17) is 0 Å². The molecule has 0 aliphatic carbocycles. The number of aromatic nitrogens is 2. The van der Waals surface area contributed by atoms with Crippen molar-refractivity contribution in [3.8, 4) is 0 Å². The zero-order valence-corrected chi connectivity index (χ0v) is 9.37. The minimum Gasteiger partial charge on any atom is -0.468 e. The van der Waals surface area contributed by atoms with Crippen LogP contribution in [-0.4, -0.2) is 23.1 Å². The SMILES string of the molecule is [CH2-][NH+]1CCC(c2nc3ccccc3[nH]2)CC1. The third kappa shape index (κ3) is 1.71. The van der Waals surface area contributed by atoms with Gasteiger partial charge in [-0.2, -0.15) is 7.05 Å². The van der Waals surface area contributed by atoms with Gasteiger partial charge in [-0.1, -0.05) is 12.1 Å². The van der Waals surface area contributed by atoms with Gasteiger partial charge in [0.1, 0.15) is 5.82 Å². The van der Waals surface area contributed by atoms with Crippen molar-refractivity contribution in [2.24, 2.45) is 0 Å². The number of aromatic amines is 1. The highest BCUT2D eigenvalue weighted by atomic mass is 15.1. The van der Waals surface area contributed by atoms with Gasteiger partial charge in [0.25, 0.3) is 0 Å². The highest BCUT2D eigenvalue weighted by Crippen LogP contribution is 2.23. The predicted molar refractivity (Wildman–Crippen MR) is 64.1 cm³/mol. The van der Waals surface area contributed by atoms with Crippen LogP contribution in [0.25, 0.3) is 11.0 Å². The minimum absolute atomic E-state index is 0.595. The fourth-order valence-electron chi connectivity index (χ4n) is 2.47. The standard InChI is InChI=1S/C13H17N3/c1-16-8-6-10(7-9-16)13-14-11-4-2-3-5-12(11)15-13/h2-5,10,16H,1,6-9H2,(H,14,15). The van der Waals surface area contributed by atoms with Gasteiger partial charge in [0.2, 0.25) is 0 Å². The van der Waals surface area contributed by atoms with Crippen LogP contribution in [0.2, 0.25) is 0 Å². The Morgan fingerprint density at radius 1 is 1.25 bits per heavy atom. The number of benzene rings is 1. The number of quaternary nitrogens is 1. The van der Waals surface area contributed by atoms with E-state index in [1.807, 2.05) is 12.1 Å². The van der Waals surface area contributed by atoms with E-state index in [-0.39, 0.29) is 0 Å². The first-order valence-corrected chi connectivity index (χ1v) is 5.94. The lowest BCUT2D eigenvalue weighted by Crippen LogP contribution is -3.07. The molecule has 16 heavy (non-hydrogen) atoms. The van der Waals surface area contributed by atoms with Crippen molar-refractivity contribution >= 4 is 11.0 Å². The summed E-state index contributed by atoms with van der Waals surface area (Å²) < 4.78 is 0. The van der Waals surface area contributed by atoms with E-state index in [0.29, 0.717) is 5.92 Å². The number of para-hydroxylation sites is 2. The summed E-state index contributed by atoms with van der Waals surface area (Å²) in [7, 11) is 4.05. The molecule has 0 bridgehead atoms. The van der Waals surface area contributed by atoms with Crippen molar-refractivity contribution in [3.63, 3.8) is 0 Å². The maximum atomic E-state index is 4.68. The first-order valence-electron chi connectivity index (χ1n) is 5.94. The zero-order valence-electron chi connectivity index (χ0n) is 9.37. The molecule has 1 aliphatic rings. The summed E-state index contributed by atoms with van der Waals surface area (Å²) >= 11 is 0. The van der Waals surface area contributed by atoms with Crippen LogP contribution >= 0.6 is 0 Å². The lowest BCUT2D eigenvalue weighted by molar-refractivity contribution is -0.859. The summed E-state index contributed by atoms with van der Waals surface area (Å²) in [6, 6.07) is 8.24. The molecule has 1 aromatic carbocycles. The Morgan fingerprint density at radius 3 is 2.75 bits per heavy atom. The molecule has 0 saturated carbocycles. The number of H-pyrrole nitrogens is 1. The molecule has 0 spiro atoms. The molecule has 0 amide bonds. The second-order valence-corrected chi connectivity index (χ2v) is 4.66. The molecule has 2 aromatic rings. The van der Waals surface area contributed by atoms with Crippen LogP contribution in [0.4, 0.5) is 0 Å². The van der Waals surface area contributed by atoms with E-state index < -0.39 is 0 Å². The van der Waals surface area contributed by atoms with Gasteiger partial charge in [-0.05, 0) is 12.1 Å². The largest absolute Gasteiger partial charge is 0.468 e. The van der Waals surface area contributed by atoms with Gasteiger partial charge in [0, 0.05) is 18.8 Å². The predicted octanol–water partition coefficient (Wildman–Crippen LogP) is 1.12. The van der Waals surface area contributed by atoms with Gasteiger partial charge < -0.3 is 9.88 Å². The maximum Gasteiger partial charge on any atom is 0.110 e. The number of hydrogen-bond donors (Lipinski definition) is 2. The molecule has 0 unspecified atom stereocenters. The van der Waals surface area contributed by atoms with E-state index in [2.05, 4.69) is 29.1 Å². The highest BCUT2D eigenvalue weighted by molar-refractivity contribution is 5.74. The van der Waals surface area contributed by atoms with Crippen LogP contribution in [0, 0.1) is 7.05 Å². The molecule has 1 aromatic heterocycles. The topological polar surface area (TPSA) is 33.1 Å². The maximum absolute atomic E-state index is 4.68. The number of hydrogen-bond acceptors (Lipinski definition) is 1. The number of likely N-dealkylation sites (tertiary alicyclic amines) is 1. The van der Waals surface area contributed by atoms with Gasteiger partial charge in [-0.3, -0.25) is 0 Å². The first kappa shape index (κ1) is 9.85. The third-order valence-corrected chi connectivity index (χ3v) is 3.49. The zero-order chi connectivity index (χ0) is 11.0. The Bertz CT molecular complexity index is 448. The summed E-state index contributed by atoms with van der Waals surface area (Å²) in [5.41, 5.74) is 2.24. The van der Waals surface area contributed by atoms with Crippen molar-refractivity contribution in [1.82, 2.24) is 9.97 Å². The number of imidazole rings is 1. The molecule has 1 saturated heterocycles. The molecule has 1 fully saturated rings. The van der Waals surface area contributed by atoms with Crippen molar-refractivity contribution in [2.75, 3.05) is 13.1 Å². The molecule has 1 aliphatic heterocycles. The van der Waals surface area contributed by atoms with Gasteiger partial charge in [-0.25, -0.2) is 4.98 Å². The lowest BCUT2D eigenvalue weighted by atomic mass is 9.97. The molecule has 2 heterocycles. The van der Waals surface area contributed by atoms with Crippen molar-refractivity contribution in [2.45, 2.75) is 18.8 Å². The van der Waals surface area contributed by atoms with Crippen molar-refractivity contribution in [1.29, 1.82) is 0 Å². The molecule has 3 heteroatoms. The number of nitrogens with one attached hydrogen (secondary N) is 2. The Kier molecular flexibility index (Phi) is 2.40. The van der Waals surface area contributed by atoms with Crippen LogP contribution < -0.4 is 4.90 Å². The van der Waals surface area contributed by atoms with Gasteiger partial charge >= 0.3 is 0 Å². The number of nitrogens with zero attached hydrogens (tertiary/aromatic N) is 1. The van der Waals surface area contributed by atoms with Crippen LogP contribution in [0.3, 0.4) is 0 Å². The average molecular weight is 215 g/mol. The Balaban J connectivity index is 1.88. The second kappa shape index (κ2) is 3.91. The smallest absolute Gasteiger partial charge is 0.110 e. The third-order valence-electron chi connectivity index (χ3n) is 3.49. The molecule has 0 atom stereocenters. The second-order valence-electron chi connectivity index (χ2n) is 4.66.